The molecule has 1 atom stereocenters. The van der Waals surface area contributed by atoms with Gasteiger partial charge in [-0.25, -0.2) is 0 Å². The molecule has 1 aliphatic rings. The minimum Gasteiger partial charge on any atom is -0.374 e. The van der Waals surface area contributed by atoms with E-state index in [4.69, 9.17) is 4.74 Å². The van der Waals surface area contributed by atoms with Crippen molar-refractivity contribution in [3.8, 4) is 0 Å². The van der Waals surface area contributed by atoms with Crippen molar-refractivity contribution in [3.05, 3.63) is 11.6 Å². The molecule has 0 saturated heterocycles. The highest BCUT2D eigenvalue weighted by atomic mass is 16.5. The highest BCUT2D eigenvalue weighted by Gasteiger charge is 2.16. The van der Waals surface area contributed by atoms with Crippen LogP contribution in [0.3, 0.4) is 0 Å². The molecule has 10 heavy (non-hydrogen) atoms. The summed E-state index contributed by atoms with van der Waals surface area (Å²) in [7, 11) is 0. The van der Waals surface area contributed by atoms with Crippen molar-refractivity contribution < 1.29 is 4.74 Å². The summed E-state index contributed by atoms with van der Waals surface area (Å²) in [5, 5.41) is 0. The average molecular weight is 140 g/mol. The number of hydrogen-bond acceptors (Lipinski definition) is 1. The average Bonchev–Trinajstić information content (AvgIpc) is 1.88. The Kier molecular flexibility index (Phi) is 2.50. The molecule has 0 radical (unpaired) electrons. The molecule has 0 fully saturated rings. The lowest BCUT2D eigenvalue weighted by Gasteiger charge is -2.24. The van der Waals surface area contributed by atoms with Crippen LogP contribution in [0, 0.1) is 5.92 Å². The van der Waals surface area contributed by atoms with Crippen LogP contribution in [0.1, 0.15) is 27.2 Å². The quantitative estimate of drug-likeness (QED) is 0.508. The van der Waals surface area contributed by atoms with Gasteiger partial charge >= 0.3 is 0 Å². The normalized spacial score (nSPS) is 26.8. The third kappa shape index (κ3) is 1.84. The van der Waals surface area contributed by atoms with Crippen molar-refractivity contribution in [3.63, 3.8) is 0 Å². The first-order valence-corrected chi connectivity index (χ1v) is 3.97. The number of rotatable bonds is 1. The molecule has 0 amide bonds. The van der Waals surface area contributed by atoms with Crippen LogP contribution < -0.4 is 0 Å². The molecule has 0 saturated carbocycles. The zero-order valence-corrected chi connectivity index (χ0v) is 7.05. The molecule has 0 aromatic rings. The second-order valence-electron chi connectivity index (χ2n) is 3.37. The highest BCUT2D eigenvalue weighted by molar-refractivity contribution is 5.03. The summed E-state index contributed by atoms with van der Waals surface area (Å²) in [4.78, 5) is 0. The largest absolute Gasteiger partial charge is 0.374 e. The molecule has 1 heteroatoms. The van der Waals surface area contributed by atoms with Crippen LogP contribution in [0.15, 0.2) is 11.6 Å². The molecule has 58 valence electrons. The van der Waals surface area contributed by atoms with E-state index in [1.54, 1.807) is 0 Å². The standard InChI is InChI=1S/C9H16O/c1-7(2)9-6-8(3)4-5-10-9/h4,7,9H,5-6H2,1-3H3/t9-/m1/s1. The topological polar surface area (TPSA) is 9.23 Å². The van der Waals surface area contributed by atoms with Gasteiger partial charge in [-0.2, -0.15) is 0 Å². The van der Waals surface area contributed by atoms with Crippen LogP contribution in [0.25, 0.3) is 0 Å². The second kappa shape index (κ2) is 3.20. The lowest BCUT2D eigenvalue weighted by molar-refractivity contribution is 0.0317. The first kappa shape index (κ1) is 7.80. The number of ether oxygens (including phenoxy) is 1. The zero-order valence-electron chi connectivity index (χ0n) is 7.05. The fourth-order valence-corrected chi connectivity index (χ4v) is 1.20. The van der Waals surface area contributed by atoms with Gasteiger partial charge in [0.05, 0.1) is 12.7 Å². The lowest BCUT2D eigenvalue weighted by Crippen LogP contribution is -2.23. The maximum atomic E-state index is 5.53. The fourth-order valence-electron chi connectivity index (χ4n) is 1.20. The van der Waals surface area contributed by atoms with Gasteiger partial charge in [0.15, 0.2) is 0 Å². The minimum absolute atomic E-state index is 0.463. The van der Waals surface area contributed by atoms with Crippen molar-refractivity contribution in [1.29, 1.82) is 0 Å². The van der Waals surface area contributed by atoms with Crippen LogP contribution in [0.5, 0.6) is 0 Å². The summed E-state index contributed by atoms with van der Waals surface area (Å²) < 4.78 is 5.53. The van der Waals surface area contributed by atoms with Crippen molar-refractivity contribution in [2.24, 2.45) is 5.92 Å². The van der Waals surface area contributed by atoms with E-state index in [0.717, 1.165) is 13.0 Å². The predicted molar refractivity (Wildman–Crippen MR) is 43.0 cm³/mol. The van der Waals surface area contributed by atoms with E-state index >= 15 is 0 Å². The maximum absolute atomic E-state index is 5.53. The molecule has 0 unspecified atom stereocenters. The molecular weight excluding hydrogens is 124 g/mol. The van der Waals surface area contributed by atoms with Gasteiger partial charge < -0.3 is 4.74 Å². The third-order valence-corrected chi connectivity index (χ3v) is 2.01. The Morgan fingerprint density at radius 3 is 2.70 bits per heavy atom. The van der Waals surface area contributed by atoms with E-state index in [0.29, 0.717) is 12.0 Å². The summed E-state index contributed by atoms with van der Waals surface area (Å²) in [5.41, 5.74) is 1.48. The van der Waals surface area contributed by atoms with E-state index in [-0.39, 0.29) is 0 Å². The van der Waals surface area contributed by atoms with E-state index in [1.807, 2.05) is 0 Å². The first-order valence-electron chi connectivity index (χ1n) is 3.97. The van der Waals surface area contributed by atoms with Gasteiger partial charge in [0.1, 0.15) is 0 Å². The summed E-state index contributed by atoms with van der Waals surface area (Å²) in [6.45, 7) is 7.42. The van der Waals surface area contributed by atoms with Crippen molar-refractivity contribution >= 4 is 0 Å². The second-order valence-corrected chi connectivity index (χ2v) is 3.37. The summed E-state index contributed by atoms with van der Waals surface area (Å²) in [6.07, 6.45) is 3.75. The fraction of sp³-hybridized carbons (Fsp3) is 0.778. The Labute approximate surface area is 63.1 Å². The summed E-state index contributed by atoms with van der Waals surface area (Å²) >= 11 is 0. The summed E-state index contributed by atoms with van der Waals surface area (Å²) in [6, 6.07) is 0. The van der Waals surface area contributed by atoms with E-state index in [1.165, 1.54) is 5.57 Å². The molecule has 0 bridgehead atoms. The van der Waals surface area contributed by atoms with Gasteiger partial charge in [-0.1, -0.05) is 25.5 Å². The predicted octanol–water partition coefficient (Wildman–Crippen LogP) is 2.38. The first-order chi connectivity index (χ1) is 4.70. The van der Waals surface area contributed by atoms with Crippen molar-refractivity contribution in [2.75, 3.05) is 6.61 Å². The molecule has 0 N–H and O–H groups in total. The van der Waals surface area contributed by atoms with Gasteiger partial charge in [0.2, 0.25) is 0 Å². The van der Waals surface area contributed by atoms with E-state index in [9.17, 15) is 0 Å². The number of hydrogen-bond donors (Lipinski definition) is 0. The Morgan fingerprint density at radius 2 is 2.30 bits per heavy atom. The van der Waals surface area contributed by atoms with Crippen LogP contribution in [0.2, 0.25) is 0 Å². The van der Waals surface area contributed by atoms with Gasteiger partial charge in [-0.3, -0.25) is 0 Å². The van der Waals surface area contributed by atoms with E-state index < -0.39 is 0 Å². The van der Waals surface area contributed by atoms with Crippen molar-refractivity contribution in [1.82, 2.24) is 0 Å². The van der Waals surface area contributed by atoms with Crippen LogP contribution in [-0.4, -0.2) is 12.7 Å². The smallest absolute Gasteiger partial charge is 0.0654 e. The molecule has 0 aliphatic carbocycles. The van der Waals surface area contributed by atoms with Gasteiger partial charge in [-0.05, 0) is 19.3 Å². The molecule has 1 rings (SSSR count). The van der Waals surface area contributed by atoms with Crippen molar-refractivity contribution in [2.45, 2.75) is 33.3 Å². The molecular formula is C9H16O. The maximum Gasteiger partial charge on any atom is 0.0654 e. The third-order valence-electron chi connectivity index (χ3n) is 2.01. The molecule has 1 nitrogen and oxygen atoms in total. The van der Waals surface area contributed by atoms with E-state index in [2.05, 4.69) is 26.8 Å². The van der Waals surface area contributed by atoms with Crippen LogP contribution in [0.4, 0.5) is 0 Å². The van der Waals surface area contributed by atoms with Crippen LogP contribution in [-0.2, 0) is 4.74 Å². The molecule has 0 aromatic heterocycles. The summed E-state index contributed by atoms with van der Waals surface area (Å²) in [5.74, 6) is 0.656. The minimum atomic E-state index is 0.463. The molecule has 0 aromatic carbocycles. The zero-order chi connectivity index (χ0) is 7.56. The molecule has 0 spiro atoms. The highest BCUT2D eigenvalue weighted by Crippen LogP contribution is 2.19. The van der Waals surface area contributed by atoms with Gasteiger partial charge in [0, 0.05) is 0 Å². The van der Waals surface area contributed by atoms with Gasteiger partial charge in [0.25, 0.3) is 0 Å². The Morgan fingerprint density at radius 1 is 1.60 bits per heavy atom. The Hall–Kier alpha value is -0.300. The molecule has 1 heterocycles. The van der Waals surface area contributed by atoms with Crippen LogP contribution >= 0.6 is 0 Å². The molecule has 1 aliphatic heterocycles. The Bertz CT molecular complexity index is 136. The SMILES string of the molecule is CC1=CCO[C@@H](C(C)C)C1. The lowest BCUT2D eigenvalue weighted by atomic mass is 9.98. The monoisotopic (exact) mass is 140 g/mol. The Balaban J connectivity index is 2.45. The van der Waals surface area contributed by atoms with Gasteiger partial charge in [-0.15, -0.1) is 0 Å².